The summed E-state index contributed by atoms with van der Waals surface area (Å²) in [6.07, 6.45) is 11.2. The average Bonchev–Trinajstić information content (AvgIpc) is 3.26. The van der Waals surface area contributed by atoms with Crippen LogP contribution in [0.3, 0.4) is 0 Å². The van der Waals surface area contributed by atoms with Gasteiger partial charge in [-0.15, -0.1) is 0 Å². The van der Waals surface area contributed by atoms with E-state index in [1.54, 1.807) is 5.56 Å². The normalized spacial score (nSPS) is 14.4. The van der Waals surface area contributed by atoms with Gasteiger partial charge in [-0.05, 0) is 116 Å². The van der Waals surface area contributed by atoms with Crippen LogP contribution in [-0.2, 0) is 0 Å². The van der Waals surface area contributed by atoms with E-state index in [0.29, 0.717) is 5.92 Å². The molecule has 55 heavy (non-hydrogen) atoms. The Labute approximate surface area is 324 Å². The number of rotatable bonds is 7. The van der Waals surface area contributed by atoms with E-state index >= 15 is 0 Å². The van der Waals surface area contributed by atoms with Crippen LogP contribution in [0.15, 0.2) is 176 Å². The van der Waals surface area contributed by atoms with Crippen molar-refractivity contribution in [2.24, 2.45) is 0 Å². The van der Waals surface area contributed by atoms with Gasteiger partial charge in [0.1, 0.15) is 0 Å². The summed E-state index contributed by atoms with van der Waals surface area (Å²) < 4.78 is 0. The Kier molecular flexibility index (Phi) is 8.85. The molecule has 1 fully saturated rings. The van der Waals surface area contributed by atoms with Crippen molar-refractivity contribution < 1.29 is 0 Å². The Hall–Kier alpha value is -6.18. The molecule has 2 aliphatic carbocycles. The largest absolute Gasteiger partial charge is 0.309 e. The minimum Gasteiger partial charge on any atom is -0.309 e. The summed E-state index contributed by atoms with van der Waals surface area (Å²) in [7, 11) is 0. The van der Waals surface area contributed by atoms with Crippen molar-refractivity contribution in [2.75, 3.05) is 4.90 Å². The molecule has 0 spiro atoms. The first-order valence-electron chi connectivity index (χ1n) is 20.2. The molecule has 8 aromatic carbocycles. The molecule has 266 valence electrons. The van der Waals surface area contributed by atoms with Crippen molar-refractivity contribution in [3.05, 3.63) is 197 Å². The SMILES string of the molecule is C1=c2cccc(C3CCCCC3)c2=C(c2ccccc2N(c2cccc(-c3cccc4ccccc34)c2)c2ccccc2-c2cccc3ccccc23)CC1. The molecular weight excluding hydrogens is 663 g/mol. The van der Waals surface area contributed by atoms with Gasteiger partial charge in [-0.1, -0.05) is 177 Å². The molecule has 10 rings (SSSR count). The van der Waals surface area contributed by atoms with Gasteiger partial charge in [-0.2, -0.15) is 0 Å². The number of anilines is 3. The van der Waals surface area contributed by atoms with Crippen molar-refractivity contribution in [1.82, 2.24) is 0 Å². The van der Waals surface area contributed by atoms with Gasteiger partial charge in [0.15, 0.2) is 0 Å². The molecule has 0 atom stereocenters. The van der Waals surface area contributed by atoms with Gasteiger partial charge in [0.05, 0.1) is 11.4 Å². The molecule has 0 unspecified atom stereocenters. The van der Waals surface area contributed by atoms with E-state index in [0.717, 1.165) is 18.5 Å². The highest BCUT2D eigenvalue weighted by atomic mass is 15.1. The summed E-state index contributed by atoms with van der Waals surface area (Å²) in [6, 6.07) is 65.4. The zero-order valence-corrected chi connectivity index (χ0v) is 31.3. The molecule has 2 aliphatic rings. The second kappa shape index (κ2) is 14.6. The van der Waals surface area contributed by atoms with Gasteiger partial charge in [0.25, 0.3) is 0 Å². The Morgan fingerprint density at radius 3 is 1.82 bits per heavy atom. The number of nitrogens with zero attached hydrogens (tertiary/aromatic N) is 1. The lowest BCUT2D eigenvalue weighted by atomic mass is 9.80. The lowest BCUT2D eigenvalue weighted by Crippen LogP contribution is -2.35. The van der Waals surface area contributed by atoms with Crippen LogP contribution in [-0.4, -0.2) is 0 Å². The molecule has 0 saturated heterocycles. The highest BCUT2D eigenvalue weighted by molar-refractivity contribution is 6.03. The van der Waals surface area contributed by atoms with E-state index in [9.17, 15) is 0 Å². The van der Waals surface area contributed by atoms with E-state index in [1.165, 1.54) is 109 Å². The molecule has 8 aromatic rings. The third kappa shape index (κ3) is 6.15. The van der Waals surface area contributed by atoms with E-state index in [1.807, 2.05) is 0 Å². The Bertz CT molecular complexity index is 2810. The average molecular weight is 708 g/mol. The quantitative estimate of drug-likeness (QED) is 0.159. The zero-order chi connectivity index (χ0) is 36.6. The minimum atomic E-state index is 0.623. The molecule has 0 amide bonds. The predicted molar refractivity (Wildman–Crippen MR) is 235 cm³/mol. The summed E-state index contributed by atoms with van der Waals surface area (Å²) in [5.41, 5.74) is 12.8. The van der Waals surface area contributed by atoms with Gasteiger partial charge in [0.2, 0.25) is 0 Å². The second-order valence-corrected chi connectivity index (χ2v) is 15.3. The van der Waals surface area contributed by atoms with Crippen LogP contribution in [0.2, 0.25) is 0 Å². The third-order valence-corrected chi connectivity index (χ3v) is 12.1. The smallest absolute Gasteiger partial charge is 0.0540 e. The van der Waals surface area contributed by atoms with Crippen LogP contribution < -0.4 is 15.3 Å². The lowest BCUT2D eigenvalue weighted by Gasteiger charge is -2.31. The van der Waals surface area contributed by atoms with Crippen LogP contribution in [0.4, 0.5) is 17.1 Å². The fourth-order valence-electron chi connectivity index (χ4n) is 9.61. The number of fused-ring (bicyclic) bond motifs is 3. The molecule has 0 heterocycles. The molecule has 0 radical (unpaired) electrons. The Morgan fingerprint density at radius 1 is 0.455 bits per heavy atom. The van der Waals surface area contributed by atoms with Gasteiger partial charge in [-0.25, -0.2) is 0 Å². The van der Waals surface area contributed by atoms with Crippen LogP contribution in [0, 0.1) is 0 Å². The molecular formula is C54H45N. The lowest BCUT2D eigenvalue weighted by molar-refractivity contribution is 0.442. The van der Waals surface area contributed by atoms with Gasteiger partial charge >= 0.3 is 0 Å². The Balaban J connectivity index is 1.25. The molecule has 0 bridgehead atoms. The maximum atomic E-state index is 2.55. The van der Waals surface area contributed by atoms with E-state index in [4.69, 9.17) is 0 Å². The number of benzene rings is 8. The van der Waals surface area contributed by atoms with Gasteiger partial charge in [-0.3, -0.25) is 0 Å². The van der Waals surface area contributed by atoms with Crippen LogP contribution in [0.5, 0.6) is 0 Å². The molecule has 0 N–H and O–H groups in total. The standard InChI is InChI=1S/C54H45N/c1-2-17-40(18-3-1)47-32-15-23-41-24-16-34-51(54(41)47)50-30-9-11-36-53(50)55(43-26-12-25-42(37-43)46-31-13-21-38-19-4-6-27-44(38)46)52-35-10-8-29-49(52)48-33-14-22-39-20-5-7-28-45(39)48/h4-15,19-33,35-37,40H,1-3,16-18,34H2. The van der Waals surface area contributed by atoms with Crippen LogP contribution in [0.1, 0.15) is 62.0 Å². The first kappa shape index (κ1) is 33.4. The highest BCUT2D eigenvalue weighted by Gasteiger charge is 2.25. The Morgan fingerprint density at radius 2 is 1.04 bits per heavy atom. The van der Waals surface area contributed by atoms with E-state index in [-0.39, 0.29) is 0 Å². The van der Waals surface area contributed by atoms with E-state index in [2.05, 4.69) is 187 Å². The predicted octanol–water partition coefficient (Wildman–Crippen LogP) is 13.6. The summed E-state index contributed by atoms with van der Waals surface area (Å²) in [6.45, 7) is 0. The van der Waals surface area contributed by atoms with E-state index < -0.39 is 0 Å². The second-order valence-electron chi connectivity index (χ2n) is 15.3. The number of para-hydroxylation sites is 2. The first-order valence-corrected chi connectivity index (χ1v) is 20.2. The van der Waals surface area contributed by atoms with Crippen LogP contribution in [0.25, 0.3) is 55.4 Å². The van der Waals surface area contributed by atoms with Crippen molar-refractivity contribution in [2.45, 2.75) is 50.9 Å². The monoisotopic (exact) mass is 707 g/mol. The maximum absolute atomic E-state index is 2.55. The van der Waals surface area contributed by atoms with Gasteiger partial charge < -0.3 is 4.90 Å². The molecule has 1 heteroatoms. The summed E-state index contributed by atoms with van der Waals surface area (Å²) in [4.78, 5) is 2.55. The number of hydrogen-bond donors (Lipinski definition) is 0. The molecule has 0 aliphatic heterocycles. The summed E-state index contributed by atoms with van der Waals surface area (Å²) in [5, 5.41) is 7.93. The van der Waals surface area contributed by atoms with Crippen LogP contribution >= 0.6 is 0 Å². The maximum Gasteiger partial charge on any atom is 0.0540 e. The van der Waals surface area contributed by atoms with Crippen molar-refractivity contribution in [3.8, 4) is 22.3 Å². The summed E-state index contributed by atoms with van der Waals surface area (Å²) >= 11 is 0. The number of hydrogen-bond acceptors (Lipinski definition) is 1. The molecule has 1 nitrogen and oxygen atoms in total. The van der Waals surface area contributed by atoms with Gasteiger partial charge in [0, 0.05) is 16.8 Å². The first-order chi connectivity index (χ1) is 27.3. The third-order valence-electron chi connectivity index (χ3n) is 12.1. The van der Waals surface area contributed by atoms with Crippen molar-refractivity contribution in [1.29, 1.82) is 0 Å². The van der Waals surface area contributed by atoms with Crippen molar-refractivity contribution in [3.63, 3.8) is 0 Å². The minimum absolute atomic E-state index is 0.623. The fraction of sp³-hybridized carbons (Fsp3) is 0.148. The fourth-order valence-corrected chi connectivity index (χ4v) is 9.61. The topological polar surface area (TPSA) is 3.24 Å². The van der Waals surface area contributed by atoms with Crippen molar-refractivity contribution >= 4 is 50.3 Å². The summed E-state index contributed by atoms with van der Waals surface area (Å²) in [5.74, 6) is 0.623. The molecule has 0 aromatic heterocycles. The zero-order valence-electron chi connectivity index (χ0n) is 31.3. The highest BCUT2D eigenvalue weighted by Crippen LogP contribution is 2.46. The molecule has 1 saturated carbocycles.